The molecule has 0 bridgehead atoms. The van der Waals surface area contributed by atoms with Crippen molar-refractivity contribution in [1.29, 1.82) is 0 Å². The van der Waals surface area contributed by atoms with Crippen molar-refractivity contribution in [3.05, 3.63) is 0 Å². The molecule has 5 heteroatoms. The molecule has 1 saturated heterocycles. The Morgan fingerprint density at radius 3 is 3.06 bits per heavy atom. The summed E-state index contributed by atoms with van der Waals surface area (Å²) in [5.74, 6) is 0.755. The van der Waals surface area contributed by atoms with E-state index in [0.29, 0.717) is 6.61 Å². The minimum atomic E-state index is -0.199. The quantitative estimate of drug-likeness (QED) is 0.773. The number of aliphatic imine (C=N–C) groups is 1. The molecule has 0 radical (unpaired) electrons. The fourth-order valence-electron chi connectivity index (χ4n) is 2.26. The van der Waals surface area contributed by atoms with Crippen LogP contribution in [0.15, 0.2) is 4.99 Å². The van der Waals surface area contributed by atoms with Gasteiger partial charge in [-0.3, -0.25) is 14.7 Å². The lowest BCUT2D eigenvalue weighted by atomic mass is 10.2. The summed E-state index contributed by atoms with van der Waals surface area (Å²) in [6.45, 7) is 7.72. The second-order valence-corrected chi connectivity index (χ2v) is 4.56. The van der Waals surface area contributed by atoms with E-state index in [9.17, 15) is 4.79 Å². The number of morpholine rings is 1. The summed E-state index contributed by atoms with van der Waals surface area (Å²) in [5.41, 5.74) is 0. The summed E-state index contributed by atoms with van der Waals surface area (Å²) in [7, 11) is 0. The molecule has 0 spiro atoms. The van der Waals surface area contributed by atoms with Crippen molar-refractivity contribution in [1.82, 2.24) is 10.2 Å². The van der Waals surface area contributed by atoms with Crippen LogP contribution >= 0.6 is 0 Å². The highest BCUT2D eigenvalue weighted by molar-refractivity contribution is 6.07. The van der Waals surface area contributed by atoms with Crippen LogP contribution in [0.4, 0.5) is 0 Å². The van der Waals surface area contributed by atoms with Crippen molar-refractivity contribution in [2.75, 3.05) is 26.2 Å². The zero-order valence-corrected chi connectivity index (χ0v) is 10.6. The fourth-order valence-corrected chi connectivity index (χ4v) is 2.26. The number of carbonyl (C=O) groups is 1. The van der Waals surface area contributed by atoms with Crippen LogP contribution in [0.1, 0.15) is 26.7 Å². The van der Waals surface area contributed by atoms with Gasteiger partial charge >= 0.3 is 0 Å². The van der Waals surface area contributed by atoms with E-state index in [2.05, 4.69) is 29.1 Å². The summed E-state index contributed by atoms with van der Waals surface area (Å²) >= 11 is 0. The number of amidine groups is 1. The summed E-state index contributed by atoms with van der Waals surface area (Å²) in [6.07, 6.45) is 1.73. The summed E-state index contributed by atoms with van der Waals surface area (Å²) in [5, 5.41) is 2.86. The predicted octanol–water partition coefficient (Wildman–Crippen LogP) is 0.404. The number of ether oxygens (including phenoxy) is 1. The molecule has 1 fully saturated rings. The van der Waals surface area contributed by atoms with Gasteiger partial charge in [-0.25, -0.2) is 0 Å². The lowest BCUT2D eigenvalue weighted by molar-refractivity contribution is -0.120. The summed E-state index contributed by atoms with van der Waals surface area (Å²) in [6, 6.07) is -0.199. The van der Waals surface area contributed by atoms with Crippen molar-refractivity contribution in [2.24, 2.45) is 4.99 Å². The van der Waals surface area contributed by atoms with E-state index < -0.39 is 0 Å². The normalized spacial score (nSPS) is 30.2. The van der Waals surface area contributed by atoms with Gasteiger partial charge in [-0.05, 0) is 13.0 Å². The van der Waals surface area contributed by atoms with E-state index in [1.807, 2.05) is 0 Å². The summed E-state index contributed by atoms with van der Waals surface area (Å²) in [4.78, 5) is 18.4. The van der Waals surface area contributed by atoms with Crippen LogP contribution in [-0.4, -0.2) is 55.0 Å². The third-order valence-electron chi connectivity index (χ3n) is 3.31. The highest BCUT2D eigenvalue weighted by Gasteiger charge is 2.32. The molecule has 0 aromatic heterocycles. The minimum absolute atomic E-state index is 0.0269. The van der Waals surface area contributed by atoms with Crippen LogP contribution < -0.4 is 5.32 Å². The number of hydrogen-bond acceptors (Lipinski definition) is 4. The number of amides is 1. The van der Waals surface area contributed by atoms with Gasteiger partial charge in [0, 0.05) is 13.1 Å². The third kappa shape index (κ3) is 2.84. The Balaban J connectivity index is 1.98. The molecule has 2 rings (SSSR count). The van der Waals surface area contributed by atoms with Gasteiger partial charge in [0.25, 0.3) is 0 Å². The first-order valence-electron chi connectivity index (χ1n) is 6.47. The molecule has 2 atom stereocenters. The number of rotatable bonds is 4. The van der Waals surface area contributed by atoms with Gasteiger partial charge in [0.1, 0.15) is 18.0 Å². The highest BCUT2D eigenvalue weighted by Crippen LogP contribution is 2.13. The Morgan fingerprint density at radius 1 is 1.53 bits per heavy atom. The topological polar surface area (TPSA) is 53.9 Å². The molecule has 96 valence electrons. The molecule has 2 aliphatic heterocycles. The second kappa shape index (κ2) is 5.60. The van der Waals surface area contributed by atoms with Gasteiger partial charge in [-0.2, -0.15) is 0 Å². The van der Waals surface area contributed by atoms with Gasteiger partial charge in [0.05, 0.1) is 6.61 Å². The largest absolute Gasteiger partial charge is 0.368 e. The maximum absolute atomic E-state index is 11.7. The fraction of sp³-hybridized carbons (Fsp3) is 0.833. The second-order valence-electron chi connectivity index (χ2n) is 4.56. The van der Waals surface area contributed by atoms with E-state index in [0.717, 1.165) is 38.3 Å². The SMILES string of the molecule is CCCC1N=C(C2CN(CC)CCO2)NC1=O. The van der Waals surface area contributed by atoms with Gasteiger partial charge in [-0.1, -0.05) is 20.3 Å². The smallest absolute Gasteiger partial charge is 0.250 e. The molecule has 1 amide bonds. The van der Waals surface area contributed by atoms with Crippen molar-refractivity contribution in [2.45, 2.75) is 38.8 Å². The molecular weight excluding hydrogens is 218 g/mol. The minimum Gasteiger partial charge on any atom is -0.368 e. The van der Waals surface area contributed by atoms with E-state index >= 15 is 0 Å². The van der Waals surface area contributed by atoms with Crippen LogP contribution in [-0.2, 0) is 9.53 Å². The molecule has 2 aliphatic rings. The molecule has 0 aliphatic carbocycles. The number of nitrogens with one attached hydrogen (secondary N) is 1. The van der Waals surface area contributed by atoms with E-state index in [4.69, 9.17) is 4.74 Å². The number of carbonyl (C=O) groups excluding carboxylic acids is 1. The van der Waals surface area contributed by atoms with Gasteiger partial charge in [-0.15, -0.1) is 0 Å². The first-order valence-corrected chi connectivity index (χ1v) is 6.47. The lowest BCUT2D eigenvalue weighted by Crippen LogP contribution is -2.49. The number of nitrogens with zero attached hydrogens (tertiary/aromatic N) is 2. The van der Waals surface area contributed by atoms with Gasteiger partial charge in [0.15, 0.2) is 0 Å². The average molecular weight is 239 g/mol. The Kier molecular flexibility index (Phi) is 4.12. The monoisotopic (exact) mass is 239 g/mol. The van der Waals surface area contributed by atoms with Crippen molar-refractivity contribution in [3.63, 3.8) is 0 Å². The maximum atomic E-state index is 11.7. The van der Waals surface area contributed by atoms with Crippen LogP contribution in [0.3, 0.4) is 0 Å². The lowest BCUT2D eigenvalue weighted by Gasteiger charge is -2.31. The standard InChI is InChI=1S/C12H21N3O2/c1-3-5-9-12(16)14-11(13-9)10-8-15(4-2)6-7-17-10/h9-10H,3-8H2,1-2H3,(H,13,14,16). The first kappa shape index (κ1) is 12.5. The van der Waals surface area contributed by atoms with Crippen LogP contribution in [0.2, 0.25) is 0 Å². The first-order chi connectivity index (χ1) is 8.24. The van der Waals surface area contributed by atoms with Crippen LogP contribution in [0, 0.1) is 0 Å². The third-order valence-corrected chi connectivity index (χ3v) is 3.31. The molecule has 2 heterocycles. The predicted molar refractivity (Wildman–Crippen MR) is 66.1 cm³/mol. The average Bonchev–Trinajstić information content (AvgIpc) is 2.72. The Labute approximate surface area is 102 Å². The maximum Gasteiger partial charge on any atom is 0.250 e. The number of hydrogen-bond donors (Lipinski definition) is 1. The molecule has 1 N–H and O–H groups in total. The summed E-state index contributed by atoms with van der Waals surface area (Å²) < 4.78 is 5.68. The molecule has 5 nitrogen and oxygen atoms in total. The van der Waals surface area contributed by atoms with Gasteiger partial charge < -0.3 is 10.1 Å². The highest BCUT2D eigenvalue weighted by atomic mass is 16.5. The van der Waals surface area contributed by atoms with Crippen molar-refractivity contribution < 1.29 is 9.53 Å². The zero-order valence-electron chi connectivity index (χ0n) is 10.6. The number of likely N-dealkylation sites (N-methyl/N-ethyl adjacent to an activating group) is 1. The van der Waals surface area contributed by atoms with E-state index in [1.54, 1.807) is 0 Å². The van der Waals surface area contributed by atoms with E-state index in [-0.39, 0.29) is 18.1 Å². The van der Waals surface area contributed by atoms with Crippen LogP contribution in [0.25, 0.3) is 0 Å². The van der Waals surface area contributed by atoms with Crippen molar-refractivity contribution in [3.8, 4) is 0 Å². The molecule has 2 unspecified atom stereocenters. The molecule has 0 saturated carbocycles. The Hall–Kier alpha value is -0.940. The Bertz CT molecular complexity index is 317. The Morgan fingerprint density at radius 2 is 2.35 bits per heavy atom. The van der Waals surface area contributed by atoms with Gasteiger partial charge in [0.2, 0.25) is 5.91 Å². The molecule has 0 aromatic carbocycles. The van der Waals surface area contributed by atoms with Crippen LogP contribution in [0.5, 0.6) is 0 Å². The molecule has 0 aromatic rings. The zero-order chi connectivity index (χ0) is 12.3. The van der Waals surface area contributed by atoms with E-state index in [1.165, 1.54) is 0 Å². The van der Waals surface area contributed by atoms with Crippen molar-refractivity contribution >= 4 is 11.7 Å². The molecule has 17 heavy (non-hydrogen) atoms. The molecular formula is C12H21N3O2.